The van der Waals surface area contributed by atoms with E-state index in [1.54, 1.807) is 6.07 Å². The van der Waals surface area contributed by atoms with Gasteiger partial charge < -0.3 is 10.5 Å². The molecule has 2 nitrogen and oxygen atoms in total. The van der Waals surface area contributed by atoms with Crippen molar-refractivity contribution in [1.29, 1.82) is 0 Å². The van der Waals surface area contributed by atoms with E-state index in [0.717, 1.165) is 17.5 Å². The number of halogens is 4. The molecule has 0 spiro atoms. The molecule has 0 aromatic heterocycles. The Hall–Kier alpha value is -1.14. The van der Waals surface area contributed by atoms with Gasteiger partial charge >= 0.3 is 12.3 Å². The zero-order valence-electron chi connectivity index (χ0n) is 12.2. The zero-order valence-corrected chi connectivity index (χ0v) is 12.2. The van der Waals surface area contributed by atoms with Crippen molar-refractivity contribution in [2.75, 3.05) is 13.2 Å². The van der Waals surface area contributed by atoms with E-state index in [0.29, 0.717) is 5.92 Å². The molecule has 6 heteroatoms. The van der Waals surface area contributed by atoms with Gasteiger partial charge in [0.15, 0.2) is 0 Å². The molecule has 0 fully saturated rings. The Bertz CT molecular complexity index is 437. The highest BCUT2D eigenvalue weighted by Gasteiger charge is 2.41. The first-order chi connectivity index (χ1) is 9.72. The molecule has 0 aliphatic carbocycles. The molecule has 0 radical (unpaired) electrons. The summed E-state index contributed by atoms with van der Waals surface area (Å²) < 4.78 is 54.0. The topological polar surface area (TPSA) is 35.2 Å². The van der Waals surface area contributed by atoms with Gasteiger partial charge in [0.2, 0.25) is 0 Å². The number of hydrogen-bond donors (Lipinski definition) is 1. The molecule has 1 unspecified atom stereocenters. The van der Waals surface area contributed by atoms with Gasteiger partial charge in [0.25, 0.3) is 0 Å². The average molecular weight is 307 g/mol. The first-order valence-electron chi connectivity index (χ1n) is 6.80. The van der Waals surface area contributed by atoms with Gasteiger partial charge in [0.1, 0.15) is 6.61 Å². The van der Waals surface area contributed by atoms with Crippen LogP contribution in [0.5, 0.6) is 0 Å². The maximum absolute atomic E-state index is 12.7. The Morgan fingerprint density at radius 2 is 1.90 bits per heavy atom. The summed E-state index contributed by atoms with van der Waals surface area (Å²) in [5.41, 5.74) is 7.68. The van der Waals surface area contributed by atoms with Crippen LogP contribution in [-0.4, -0.2) is 25.6 Å². The smallest absolute Gasteiger partial charge is 0.330 e. The lowest BCUT2D eigenvalue weighted by molar-refractivity contribution is -0.166. The minimum atomic E-state index is -4.14. The Morgan fingerprint density at radius 3 is 2.48 bits per heavy atom. The lowest BCUT2D eigenvalue weighted by atomic mass is 9.99. The van der Waals surface area contributed by atoms with E-state index >= 15 is 0 Å². The molecule has 21 heavy (non-hydrogen) atoms. The van der Waals surface area contributed by atoms with Crippen molar-refractivity contribution in [2.24, 2.45) is 11.7 Å². The van der Waals surface area contributed by atoms with Crippen molar-refractivity contribution in [3.05, 3.63) is 35.4 Å². The molecule has 1 aromatic rings. The van der Waals surface area contributed by atoms with Gasteiger partial charge in [-0.05, 0) is 23.5 Å². The van der Waals surface area contributed by atoms with Gasteiger partial charge in [-0.15, -0.1) is 0 Å². The van der Waals surface area contributed by atoms with Crippen molar-refractivity contribution in [3.63, 3.8) is 0 Å². The lowest BCUT2D eigenvalue weighted by Crippen LogP contribution is -2.33. The first kappa shape index (κ1) is 17.9. The fourth-order valence-corrected chi connectivity index (χ4v) is 1.90. The Labute approximate surface area is 122 Å². The molecule has 1 aromatic carbocycles. The zero-order chi connectivity index (χ0) is 16.0. The highest BCUT2D eigenvalue weighted by Crippen LogP contribution is 2.23. The predicted octanol–water partition coefficient (Wildman–Crippen LogP) is 3.80. The van der Waals surface area contributed by atoms with Gasteiger partial charge in [0, 0.05) is 0 Å². The minimum Gasteiger partial charge on any atom is -0.373 e. The number of alkyl halides is 4. The second-order valence-electron chi connectivity index (χ2n) is 5.53. The highest BCUT2D eigenvalue weighted by atomic mass is 19.3. The highest BCUT2D eigenvalue weighted by molar-refractivity contribution is 5.26. The van der Waals surface area contributed by atoms with Gasteiger partial charge in [-0.25, -0.2) is 8.78 Å². The molecule has 120 valence electrons. The Kier molecular flexibility index (Phi) is 6.61. The monoisotopic (exact) mass is 307 g/mol. The van der Waals surface area contributed by atoms with Crippen LogP contribution in [-0.2, 0) is 11.2 Å². The van der Waals surface area contributed by atoms with Crippen LogP contribution in [0.4, 0.5) is 17.6 Å². The maximum atomic E-state index is 12.7. The van der Waals surface area contributed by atoms with Gasteiger partial charge in [-0.1, -0.05) is 38.1 Å². The van der Waals surface area contributed by atoms with E-state index in [-0.39, 0.29) is 6.61 Å². The quantitative estimate of drug-likeness (QED) is 0.741. The van der Waals surface area contributed by atoms with Crippen molar-refractivity contribution in [2.45, 2.75) is 38.7 Å². The molecule has 0 saturated carbocycles. The molecule has 0 aliphatic rings. The third-order valence-electron chi connectivity index (χ3n) is 2.93. The van der Waals surface area contributed by atoms with Crippen LogP contribution in [0, 0.1) is 5.92 Å². The molecule has 2 N–H and O–H groups in total. The number of rotatable bonds is 8. The summed E-state index contributed by atoms with van der Waals surface area (Å²) in [5.74, 6) is -3.66. The van der Waals surface area contributed by atoms with E-state index in [1.165, 1.54) is 0 Å². The van der Waals surface area contributed by atoms with Crippen LogP contribution >= 0.6 is 0 Å². The largest absolute Gasteiger partial charge is 0.373 e. The predicted molar refractivity (Wildman–Crippen MR) is 73.7 cm³/mol. The standard InChI is InChI=1S/C15H21F4NO/c1-10(2)6-11-4-3-5-12(7-11)13(20)8-21-9-15(18,19)14(16)17/h3-5,7,10,13-14H,6,8-9,20H2,1-2H3. The third-order valence-corrected chi connectivity index (χ3v) is 2.93. The lowest BCUT2D eigenvalue weighted by Gasteiger charge is -2.18. The summed E-state index contributed by atoms with van der Waals surface area (Å²) in [6, 6.07) is 6.83. The minimum absolute atomic E-state index is 0.229. The first-order valence-corrected chi connectivity index (χ1v) is 6.80. The van der Waals surface area contributed by atoms with Gasteiger partial charge in [-0.3, -0.25) is 0 Å². The van der Waals surface area contributed by atoms with Crippen LogP contribution in [0.1, 0.15) is 31.0 Å². The molecule has 1 rings (SSSR count). The number of nitrogens with two attached hydrogens (primary N) is 1. The van der Waals surface area contributed by atoms with Crippen LogP contribution in [0.3, 0.4) is 0 Å². The fourth-order valence-electron chi connectivity index (χ4n) is 1.90. The molecule has 0 heterocycles. The fraction of sp³-hybridized carbons (Fsp3) is 0.600. The van der Waals surface area contributed by atoms with E-state index in [4.69, 9.17) is 5.73 Å². The van der Waals surface area contributed by atoms with Gasteiger partial charge in [0.05, 0.1) is 12.6 Å². The normalized spacial score (nSPS) is 14.0. The summed E-state index contributed by atoms with van der Waals surface area (Å²) in [5, 5.41) is 0. The van der Waals surface area contributed by atoms with Crippen molar-refractivity contribution >= 4 is 0 Å². The Morgan fingerprint density at radius 1 is 1.24 bits per heavy atom. The third kappa shape index (κ3) is 6.01. The summed E-state index contributed by atoms with van der Waals surface area (Å²) in [7, 11) is 0. The summed E-state index contributed by atoms with van der Waals surface area (Å²) >= 11 is 0. The average Bonchev–Trinajstić information content (AvgIpc) is 2.37. The second-order valence-corrected chi connectivity index (χ2v) is 5.53. The van der Waals surface area contributed by atoms with Crippen LogP contribution in [0.15, 0.2) is 24.3 Å². The van der Waals surface area contributed by atoms with E-state index in [1.807, 2.05) is 18.2 Å². The number of ether oxygens (including phenoxy) is 1. The Balaban J connectivity index is 2.54. The molecular formula is C15H21F4NO. The van der Waals surface area contributed by atoms with Crippen LogP contribution in [0.25, 0.3) is 0 Å². The van der Waals surface area contributed by atoms with Crippen molar-refractivity contribution < 1.29 is 22.3 Å². The SMILES string of the molecule is CC(C)Cc1cccc(C(N)COCC(F)(F)C(F)F)c1. The summed E-state index contributed by atoms with van der Waals surface area (Å²) in [6.07, 6.45) is -2.85. The molecule has 0 bridgehead atoms. The summed E-state index contributed by atoms with van der Waals surface area (Å²) in [6.45, 7) is 2.61. The summed E-state index contributed by atoms with van der Waals surface area (Å²) in [4.78, 5) is 0. The molecule has 0 amide bonds. The van der Waals surface area contributed by atoms with Crippen molar-refractivity contribution in [1.82, 2.24) is 0 Å². The second kappa shape index (κ2) is 7.75. The molecule has 0 saturated heterocycles. The maximum Gasteiger partial charge on any atom is 0.330 e. The molecular weight excluding hydrogens is 286 g/mol. The molecule has 0 aliphatic heterocycles. The van der Waals surface area contributed by atoms with Crippen molar-refractivity contribution in [3.8, 4) is 0 Å². The van der Waals surface area contributed by atoms with Crippen LogP contribution in [0.2, 0.25) is 0 Å². The van der Waals surface area contributed by atoms with E-state index < -0.39 is 25.0 Å². The van der Waals surface area contributed by atoms with E-state index in [9.17, 15) is 17.6 Å². The number of benzene rings is 1. The van der Waals surface area contributed by atoms with Gasteiger partial charge in [-0.2, -0.15) is 8.78 Å². The molecule has 1 atom stereocenters. The number of hydrogen-bond acceptors (Lipinski definition) is 2. The van der Waals surface area contributed by atoms with E-state index in [2.05, 4.69) is 18.6 Å². The van der Waals surface area contributed by atoms with Crippen LogP contribution < -0.4 is 5.73 Å².